The standard InChI is InChI=1S/C18H23NO3.CH2O2/c1-19(2)11-13-8-9-15(14(10-13)12-20)16-6-5-7-17(21-3)18(16)22-4;2-1-3/h5-10,20H,11-12H2,1-4H3;1H,(H,2,3). The molecule has 0 spiro atoms. The van der Waals surface area contributed by atoms with Gasteiger partial charge in [-0.1, -0.05) is 30.3 Å². The number of aliphatic hydroxyl groups excluding tert-OH is 1. The van der Waals surface area contributed by atoms with Crippen LogP contribution in [0.25, 0.3) is 11.1 Å². The highest BCUT2D eigenvalue weighted by Crippen LogP contribution is 2.39. The lowest BCUT2D eigenvalue weighted by atomic mass is 9.96. The zero-order valence-electron chi connectivity index (χ0n) is 15.0. The SMILES string of the molecule is COc1cccc(-c2ccc(CN(C)C)cc2CO)c1OC.O=CO. The largest absolute Gasteiger partial charge is 0.493 e. The fourth-order valence-electron chi connectivity index (χ4n) is 2.60. The molecule has 2 aromatic rings. The Kier molecular flexibility index (Phi) is 8.46. The highest BCUT2D eigenvalue weighted by molar-refractivity contribution is 5.76. The molecule has 6 heteroatoms. The summed E-state index contributed by atoms with van der Waals surface area (Å²) in [7, 11) is 7.30. The number of hydrogen-bond donors (Lipinski definition) is 2. The minimum Gasteiger partial charge on any atom is -0.493 e. The molecule has 0 unspecified atom stereocenters. The Bertz CT molecular complexity index is 686. The van der Waals surface area contributed by atoms with Crippen molar-refractivity contribution in [1.82, 2.24) is 4.90 Å². The number of methoxy groups -OCH3 is 2. The number of carbonyl (C=O) groups is 1. The Morgan fingerprint density at radius 3 is 2.28 bits per heavy atom. The minimum absolute atomic E-state index is 0.0169. The van der Waals surface area contributed by atoms with E-state index in [1.807, 2.05) is 44.4 Å². The third-order valence-corrected chi connectivity index (χ3v) is 3.53. The molecular weight excluding hydrogens is 322 g/mol. The van der Waals surface area contributed by atoms with Gasteiger partial charge in [0.1, 0.15) is 0 Å². The van der Waals surface area contributed by atoms with Gasteiger partial charge in [0.15, 0.2) is 11.5 Å². The summed E-state index contributed by atoms with van der Waals surface area (Å²) in [5.74, 6) is 1.36. The van der Waals surface area contributed by atoms with Crippen LogP contribution in [0.2, 0.25) is 0 Å². The van der Waals surface area contributed by atoms with Crippen LogP contribution in [0.5, 0.6) is 11.5 Å². The average Bonchev–Trinajstić information content (AvgIpc) is 2.61. The van der Waals surface area contributed by atoms with Crippen molar-refractivity contribution in [2.24, 2.45) is 0 Å². The molecule has 2 N–H and O–H groups in total. The van der Waals surface area contributed by atoms with Crippen molar-refractivity contribution in [2.45, 2.75) is 13.2 Å². The van der Waals surface area contributed by atoms with E-state index in [2.05, 4.69) is 11.0 Å². The predicted octanol–water partition coefficient (Wildman–Crippen LogP) is 2.63. The lowest BCUT2D eigenvalue weighted by Crippen LogP contribution is -2.11. The zero-order valence-corrected chi connectivity index (χ0v) is 15.0. The molecule has 136 valence electrons. The molecule has 0 bridgehead atoms. The van der Waals surface area contributed by atoms with E-state index >= 15 is 0 Å². The molecule has 0 aliphatic carbocycles. The Morgan fingerprint density at radius 1 is 1.08 bits per heavy atom. The fourth-order valence-corrected chi connectivity index (χ4v) is 2.60. The van der Waals surface area contributed by atoms with Gasteiger partial charge in [0, 0.05) is 12.1 Å². The molecule has 6 nitrogen and oxygen atoms in total. The van der Waals surface area contributed by atoms with E-state index in [1.165, 1.54) is 5.56 Å². The number of benzene rings is 2. The van der Waals surface area contributed by atoms with Crippen molar-refractivity contribution in [1.29, 1.82) is 0 Å². The average molecular weight is 347 g/mol. The normalized spacial score (nSPS) is 10.0. The van der Waals surface area contributed by atoms with E-state index in [1.54, 1.807) is 14.2 Å². The van der Waals surface area contributed by atoms with E-state index in [-0.39, 0.29) is 13.1 Å². The highest BCUT2D eigenvalue weighted by Gasteiger charge is 2.14. The first-order valence-electron chi connectivity index (χ1n) is 7.68. The van der Waals surface area contributed by atoms with Gasteiger partial charge in [-0.3, -0.25) is 4.79 Å². The lowest BCUT2D eigenvalue weighted by Gasteiger charge is -2.17. The van der Waals surface area contributed by atoms with E-state index in [0.717, 1.165) is 23.2 Å². The van der Waals surface area contributed by atoms with Crippen molar-refractivity contribution < 1.29 is 24.5 Å². The minimum atomic E-state index is -0.250. The molecular formula is C19H25NO5. The Morgan fingerprint density at radius 2 is 1.76 bits per heavy atom. The number of aliphatic hydroxyl groups is 1. The van der Waals surface area contributed by atoms with Crippen molar-refractivity contribution in [3.63, 3.8) is 0 Å². The molecule has 0 radical (unpaired) electrons. The molecule has 0 saturated carbocycles. The molecule has 0 amide bonds. The molecule has 25 heavy (non-hydrogen) atoms. The first-order valence-corrected chi connectivity index (χ1v) is 7.68. The molecule has 0 aliphatic heterocycles. The third kappa shape index (κ3) is 5.48. The monoisotopic (exact) mass is 347 g/mol. The summed E-state index contributed by atoms with van der Waals surface area (Å²) >= 11 is 0. The van der Waals surface area contributed by atoms with E-state index in [9.17, 15) is 5.11 Å². The van der Waals surface area contributed by atoms with Crippen molar-refractivity contribution in [2.75, 3.05) is 28.3 Å². The van der Waals surface area contributed by atoms with Crippen LogP contribution in [0.3, 0.4) is 0 Å². The first kappa shape index (κ1) is 20.5. The molecule has 0 aromatic heterocycles. The zero-order chi connectivity index (χ0) is 18.8. The predicted molar refractivity (Wildman–Crippen MR) is 97.0 cm³/mol. The maximum absolute atomic E-state index is 9.74. The van der Waals surface area contributed by atoms with Crippen LogP contribution in [0, 0.1) is 0 Å². The van der Waals surface area contributed by atoms with Crippen molar-refractivity contribution in [3.05, 3.63) is 47.5 Å². The molecule has 2 rings (SSSR count). The summed E-state index contributed by atoms with van der Waals surface area (Å²) in [6.45, 7) is 0.569. The number of carboxylic acid groups (broad SMARTS) is 1. The number of nitrogens with zero attached hydrogens (tertiary/aromatic N) is 1. The van der Waals surface area contributed by atoms with Crippen molar-refractivity contribution >= 4 is 6.47 Å². The van der Waals surface area contributed by atoms with Crippen LogP contribution in [0.1, 0.15) is 11.1 Å². The van der Waals surface area contributed by atoms with Crippen molar-refractivity contribution in [3.8, 4) is 22.6 Å². The number of rotatable bonds is 6. The fraction of sp³-hybridized carbons (Fsp3) is 0.316. The van der Waals surface area contributed by atoms with Crippen LogP contribution in [0.15, 0.2) is 36.4 Å². The molecule has 0 aliphatic rings. The van der Waals surface area contributed by atoms with Gasteiger partial charge in [0.05, 0.1) is 20.8 Å². The van der Waals surface area contributed by atoms with E-state index < -0.39 is 0 Å². The second-order valence-electron chi connectivity index (χ2n) is 5.53. The Hall–Kier alpha value is -2.57. The molecule has 0 heterocycles. The number of para-hydroxylation sites is 1. The van der Waals surface area contributed by atoms with Gasteiger partial charge in [-0.05, 0) is 36.9 Å². The van der Waals surface area contributed by atoms with Gasteiger partial charge >= 0.3 is 0 Å². The van der Waals surface area contributed by atoms with Crippen LogP contribution in [0.4, 0.5) is 0 Å². The van der Waals surface area contributed by atoms with Gasteiger partial charge in [-0.25, -0.2) is 0 Å². The molecule has 2 aromatic carbocycles. The van der Waals surface area contributed by atoms with Crippen LogP contribution < -0.4 is 9.47 Å². The molecule has 0 fully saturated rings. The summed E-state index contributed by atoms with van der Waals surface area (Å²) < 4.78 is 10.9. The second-order valence-corrected chi connectivity index (χ2v) is 5.53. The lowest BCUT2D eigenvalue weighted by molar-refractivity contribution is -0.122. The maximum Gasteiger partial charge on any atom is 0.290 e. The van der Waals surface area contributed by atoms with Gasteiger partial charge in [0.2, 0.25) is 0 Å². The molecule has 0 atom stereocenters. The summed E-state index contributed by atoms with van der Waals surface area (Å²) in [5, 5.41) is 16.6. The summed E-state index contributed by atoms with van der Waals surface area (Å²) in [6.07, 6.45) is 0. The van der Waals surface area contributed by atoms with Gasteiger partial charge in [-0.15, -0.1) is 0 Å². The number of ether oxygens (including phenoxy) is 2. The quantitative estimate of drug-likeness (QED) is 0.782. The topological polar surface area (TPSA) is 79.2 Å². The third-order valence-electron chi connectivity index (χ3n) is 3.53. The van der Waals surface area contributed by atoms with Crippen LogP contribution in [-0.4, -0.2) is 49.9 Å². The van der Waals surface area contributed by atoms with Gasteiger partial charge in [0.25, 0.3) is 6.47 Å². The maximum atomic E-state index is 9.74. The van der Waals surface area contributed by atoms with E-state index in [0.29, 0.717) is 11.5 Å². The summed E-state index contributed by atoms with van der Waals surface area (Å²) in [5.41, 5.74) is 3.92. The van der Waals surface area contributed by atoms with Gasteiger partial charge < -0.3 is 24.6 Å². The summed E-state index contributed by atoms with van der Waals surface area (Å²) in [6, 6.07) is 11.9. The van der Waals surface area contributed by atoms with Crippen LogP contribution in [-0.2, 0) is 17.9 Å². The summed E-state index contributed by atoms with van der Waals surface area (Å²) in [4.78, 5) is 10.5. The second kappa shape index (κ2) is 10.3. The first-order chi connectivity index (χ1) is 12.0. The smallest absolute Gasteiger partial charge is 0.290 e. The van der Waals surface area contributed by atoms with E-state index in [4.69, 9.17) is 19.4 Å². The Labute approximate surface area is 148 Å². The highest BCUT2D eigenvalue weighted by atomic mass is 16.5. The molecule has 0 saturated heterocycles. The Balaban J connectivity index is 0.000000970. The number of hydrogen-bond acceptors (Lipinski definition) is 5. The van der Waals surface area contributed by atoms with Crippen LogP contribution >= 0.6 is 0 Å². The van der Waals surface area contributed by atoms with Gasteiger partial charge in [-0.2, -0.15) is 0 Å².